The van der Waals surface area contributed by atoms with Gasteiger partial charge in [-0.05, 0) is 37.1 Å². The normalized spacial score (nSPS) is 10.3. The molecule has 0 N–H and O–H groups in total. The molecule has 0 aromatic heterocycles. The second-order valence-corrected chi connectivity index (χ2v) is 5.44. The summed E-state index contributed by atoms with van der Waals surface area (Å²) >= 11 is 3.34. The summed E-state index contributed by atoms with van der Waals surface area (Å²) in [4.78, 5) is 10.3. The van der Waals surface area contributed by atoms with Gasteiger partial charge in [0, 0.05) is 22.2 Å². The third-order valence-corrected chi connectivity index (χ3v) is 3.71. The van der Waals surface area contributed by atoms with Crippen LogP contribution in [-0.4, -0.2) is 4.92 Å². The zero-order chi connectivity index (χ0) is 14.7. The molecule has 2 aromatic rings. The largest absolute Gasteiger partial charge is 0.489 e. The maximum atomic E-state index is 10.7. The number of benzene rings is 2. The van der Waals surface area contributed by atoms with Crippen LogP contribution in [0.25, 0.3) is 0 Å². The maximum absolute atomic E-state index is 10.7. The number of hydrogen-bond donors (Lipinski definition) is 0. The lowest BCUT2D eigenvalue weighted by molar-refractivity contribution is -0.384. The van der Waals surface area contributed by atoms with Crippen molar-refractivity contribution in [2.75, 3.05) is 0 Å². The lowest BCUT2D eigenvalue weighted by Crippen LogP contribution is -1.99. The molecule has 4 nitrogen and oxygen atoms in total. The Morgan fingerprint density at radius 3 is 2.60 bits per heavy atom. The molecule has 0 unspecified atom stereocenters. The first kappa shape index (κ1) is 14.5. The van der Waals surface area contributed by atoms with Crippen LogP contribution in [0, 0.1) is 24.0 Å². The highest BCUT2D eigenvalue weighted by Gasteiger charge is 2.10. The Labute approximate surface area is 125 Å². The van der Waals surface area contributed by atoms with E-state index in [0.717, 1.165) is 22.4 Å². The van der Waals surface area contributed by atoms with E-state index in [1.54, 1.807) is 6.07 Å². The van der Waals surface area contributed by atoms with E-state index in [2.05, 4.69) is 15.9 Å². The van der Waals surface area contributed by atoms with Gasteiger partial charge in [0.15, 0.2) is 0 Å². The molecule has 2 aromatic carbocycles. The first-order valence-corrected chi connectivity index (χ1v) is 6.89. The first-order chi connectivity index (χ1) is 9.47. The third kappa shape index (κ3) is 3.36. The Morgan fingerprint density at radius 1 is 1.20 bits per heavy atom. The molecule has 2 rings (SSSR count). The number of rotatable bonds is 4. The highest BCUT2D eigenvalue weighted by molar-refractivity contribution is 9.10. The average molecular weight is 336 g/mol. The zero-order valence-electron chi connectivity index (χ0n) is 11.2. The smallest absolute Gasteiger partial charge is 0.270 e. The number of ether oxygens (including phenoxy) is 1. The summed E-state index contributed by atoms with van der Waals surface area (Å²) in [6, 6.07) is 10.7. The Kier molecular flexibility index (Phi) is 4.39. The van der Waals surface area contributed by atoms with Crippen LogP contribution in [-0.2, 0) is 6.61 Å². The van der Waals surface area contributed by atoms with E-state index in [-0.39, 0.29) is 5.69 Å². The second-order valence-electron chi connectivity index (χ2n) is 4.59. The summed E-state index contributed by atoms with van der Waals surface area (Å²) in [6.45, 7) is 4.36. The molecular formula is C15H14BrNO3. The van der Waals surface area contributed by atoms with Gasteiger partial charge in [0.1, 0.15) is 12.4 Å². The van der Waals surface area contributed by atoms with E-state index in [1.807, 2.05) is 32.0 Å². The molecule has 0 amide bonds. The van der Waals surface area contributed by atoms with Crippen LogP contribution in [0.2, 0.25) is 0 Å². The van der Waals surface area contributed by atoms with Gasteiger partial charge in [-0.25, -0.2) is 0 Å². The SMILES string of the molecule is Cc1ccc(C)c(OCc2ccc([N+](=O)[O-])cc2Br)c1. The summed E-state index contributed by atoms with van der Waals surface area (Å²) in [5.41, 5.74) is 3.13. The molecule has 20 heavy (non-hydrogen) atoms. The van der Waals surface area contributed by atoms with Crippen LogP contribution < -0.4 is 4.74 Å². The summed E-state index contributed by atoms with van der Waals surface area (Å²) < 4.78 is 6.46. The van der Waals surface area contributed by atoms with Crippen molar-refractivity contribution in [3.8, 4) is 5.75 Å². The van der Waals surface area contributed by atoms with Crippen LogP contribution in [0.5, 0.6) is 5.75 Å². The van der Waals surface area contributed by atoms with Crippen molar-refractivity contribution < 1.29 is 9.66 Å². The van der Waals surface area contributed by atoms with Crippen molar-refractivity contribution in [2.45, 2.75) is 20.5 Å². The standard InChI is InChI=1S/C15H14BrNO3/c1-10-3-4-11(2)15(7-10)20-9-12-5-6-13(17(18)19)8-14(12)16/h3-8H,9H2,1-2H3. The van der Waals surface area contributed by atoms with E-state index in [4.69, 9.17) is 4.74 Å². The molecule has 0 bridgehead atoms. The number of non-ortho nitro benzene ring substituents is 1. The van der Waals surface area contributed by atoms with Crippen LogP contribution in [0.4, 0.5) is 5.69 Å². The molecular weight excluding hydrogens is 322 g/mol. The summed E-state index contributed by atoms with van der Waals surface area (Å²) in [7, 11) is 0. The van der Waals surface area contributed by atoms with Crippen molar-refractivity contribution in [1.82, 2.24) is 0 Å². The van der Waals surface area contributed by atoms with Crippen molar-refractivity contribution >= 4 is 21.6 Å². The van der Waals surface area contributed by atoms with E-state index in [1.165, 1.54) is 12.1 Å². The molecule has 0 aliphatic heterocycles. The van der Waals surface area contributed by atoms with Crippen LogP contribution in [0.1, 0.15) is 16.7 Å². The van der Waals surface area contributed by atoms with E-state index < -0.39 is 4.92 Å². The lowest BCUT2D eigenvalue weighted by atomic mass is 10.1. The monoisotopic (exact) mass is 335 g/mol. The van der Waals surface area contributed by atoms with E-state index in [0.29, 0.717) is 11.1 Å². The molecule has 104 valence electrons. The van der Waals surface area contributed by atoms with Gasteiger partial charge in [0.05, 0.1) is 4.92 Å². The molecule has 0 heterocycles. The van der Waals surface area contributed by atoms with Gasteiger partial charge in [-0.1, -0.05) is 28.1 Å². The molecule has 0 aliphatic carbocycles. The molecule has 0 atom stereocenters. The fraction of sp³-hybridized carbons (Fsp3) is 0.200. The number of nitro groups is 1. The zero-order valence-corrected chi connectivity index (χ0v) is 12.8. The van der Waals surface area contributed by atoms with E-state index >= 15 is 0 Å². The summed E-state index contributed by atoms with van der Waals surface area (Å²) in [5, 5.41) is 10.7. The molecule has 5 heteroatoms. The average Bonchev–Trinajstić information content (AvgIpc) is 2.40. The number of aryl methyl sites for hydroxylation is 2. The Balaban J connectivity index is 2.15. The van der Waals surface area contributed by atoms with Crippen molar-refractivity contribution in [3.63, 3.8) is 0 Å². The number of hydrogen-bond acceptors (Lipinski definition) is 3. The molecule has 0 spiro atoms. The highest BCUT2D eigenvalue weighted by Crippen LogP contribution is 2.25. The van der Waals surface area contributed by atoms with Crippen LogP contribution in [0.15, 0.2) is 40.9 Å². The number of nitro benzene ring substituents is 1. The van der Waals surface area contributed by atoms with Crippen LogP contribution >= 0.6 is 15.9 Å². The third-order valence-electron chi connectivity index (χ3n) is 2.97. The quantitative estimate of drug-likeness (QED) is 0.608. The fourth-order valence-electron chi connectivity index (χ4n) is 1.79. The second kappa shape index (κ2) is 6.05. The molecule has 0 radical (unpaired) electrons. The van der Waals surface area contributed by atoms with Crippen LogP contribution in [0.3, 0.4) is 0 Å². The van der Waals surface area contributed by atoms with Crippen molar-refractivity contribution in [3.05, 3.63) is 67.7 Å². The Morgan fingerprint density at radius 2 is 1.95 bits per heavy atom. The first-order valence-electron chi connectivity index (χ1n) is 6.10. The minimum atomic E-state index is -0.417. The van der Waals surface area contributed by atoms with Crippen molar-refractivity contribution in [1.29, 1.82) is 0 Å². The minimum Gasteiger partial charge on any atom is -0.489 e. The minimum absolute atomic E-state index is 0.0624. The van der Waals surface area contributed by atoms with Gasteiger partial charge in [0.2, 0.25) is 0 Å². The van der Waals surface area contributed by atoms with Gasteiger partial charge < -0.3 is 4.74 Å². The highest BCUT2D eigenvalue weighted by atomic mass is 79.9. The molecule has 0 saturated carbocycles. The Bertz CT molecular complexity index is 656. The van der Waals surface area contributed by atoms with E-state index in [9.17, 15) is 10.1 Å². The summed E-state index contributed by atoms with van der Waals surface area (Å²) in [6.07, 6.45) is 0. The topological polar surface area (TPSA) is 52.4 Å². The summed E-state index contributed by atoms with van der Waals surface area (Å²) in [5.74, 6) is 0.829. The molecule has 0 saturated heterocycles. The van der Waals surface area contributed by atoms with Gasteiger partial charge in [-0.2, -0.15) is 0 Å². The van der Waals surface area contributed by atoms with Gasteiger partial charge in [-0.15, -0.1) is 0 Å². The number of nitrogens with zero attached hydrogens (tertiary/aromatic N) is 1. The van der Waals surface area contributed by atoms with Gasteiger partial charge in [0.25, 0.3) is 5.69 Å². The fourth-order valence-corrected chi connectivity index (χ4v) is 2.27. The van der Waals surface area contributed by atoms with Gasteiger partial charge >= 0.3 is 0 Å². The predicted octanol–water partition coefficient (Wildman–Crippen LogP) is 4.55. The van der Waals surface area contributed by atoms with Crippen molar-refractivity contribution in [2.24, 2.45) is 0 Å². The number of halogens is 1. The lowest BCUT2D eigenvalue weighted by Gasteiger charge is -2.11. The Hall–Kier alpha value is -1.88. The molecule has 0 aliphatic rings. The maximum Gasteiger partial charge on any atom is 0.270 e. The van der Waals surface area contributed by atoms with Gasteiger partial charge in [-0.3, -0.25) is 10.1 Å². The molecule has 0 fully saturated rings. The predicted molar refractivity (Wildman–Crippen MR) is 81.0 cm³/mol.